The summed E-state index contributed by atoms with van der Waals surface area (Å²) in [6.45, 7) is 0.459. The zero-order valence-corrected chi connectivity index (χ0v) is 8.29. The number of benzene rings is 1. The Bertz CT molecular complexity index is 335. The van der Waals surface area contributed by atoms with Crippen LogP contribution in [0.5, 0.6) is 5.75 Å². The van der Waals surface area contributed by atoms with Gasteiger partial charge in [-0.1, -0.05) is 0 Å². The molecule has 1 atom stereocenters. The van der Waals surface area contributed by atoms with Crippen LogP contribution < -0.4 is 9.20 Å². The van der Waals surface area contributed by atoms with Crippen molar-refractivity contribution in [3.05, 3.63) is 23.8 Å². The van der Waals surface area contributed by atoms with E-state index in [2.05, 4.69) is 0 Å². The van der Waals surface area contributed by atoms with Gasteiger partial charge in [0.05, 0.1) is 0 Å². The van der Waals surface area contributed by atoms with Crippen LogP contribution >= 0.6 is 0 Å². The van der Waals surface area contributed by atoms with Crippen molar-refractivity contribution in [2.75, 3.05) is 7.11 Å². The third-order valence-electron chi connectivity index (χ3n) is 1.77. The Labute approximate surface area is 74.7 Å². The van der Waals surface area contributed by atoms with Crippen molar-refractivity contribution in [3.8, 4) is 5.75 Å². The van der Waals surface area contributed by atoms with Crippen LogP contribution in [0.3, 0.4) is 0 Å². The molecule has 1 aliphatic heterocycles. The summed E-state index contributed by atoms with van der Waals surface area (Å²) in [7, 11) is 1.58. The van der Waals surface area contributed by atoms with E-state index in [-0.39, 0.29) is 0 Å². The monoisotopic (exact) mass is 232 g/mol. The van der Waals surface area contributed by atoms with Gasteiger partial charge in [0.25, 0.3) is 0 Å². The Morgan fingerprint density at radius 3 is 3.17 bits per heavy atom. The molecule has 0 saturated carbocycles. The molecular weight excluding hydrogens is 223 g/mol. The second-order valence-electron chi connectivity index (χ2n) is 2.45. The molecule has 64 valence electrons. The number of hydrogen-bond donors (Lipinski definition) is 0. The Hall–Kier alpha value is -0.701. The van der Waals surface area contributed by atoms with Crippen molar-refractivity contribution < 1.29 is 12.4 Å². The number of ether oxygens (including phenoxy) is 1. The van der Waals surface area contributed by atoms with E-state index in [0.717, 1.165) is 10.0 Å². The maximum absolute atomic E-state index is 11.4. The minimum absolute atomic E-state index is 0.459. The summed E-state index contributed by atoms with van der Waals surface area (Å²) < 4.78 is 22.3. The van der Waals surface area contributed by atoms with Crippen molar-refractivity contribution in [1.29, 1.82) is 0 Å². The number of fused-ring (bicyclic) bond motifs is 1. The molecule has 1 unspecified atom stereocenters. The second-order valence-corrected chi connectivity index (χ2v) is 4.78. The van der Waals surface area contributed by atoms with E-state index in [0.29, 0.717) is 12.4 Å². The summed E-state index contributed by atoms with van der Waals surface area (Å²) >= 11 is -2.25. The first kappa shape index (κ1) is 7.92. The topological polar surface area (TPSA) is 35.5 Å². The Morgan fingerprint density at radius 1 is 1.58 bits per heavy atom. The Morgan fingerprint density at radius 2 is 2.42 bits per heavy atom. The predicted octanol–water partition coefficient (Wildman–Crippen LogP) is 0.351. The van der Waals surface area contributed by atoms with Crippen LogP contribution in [0, 0.1) is 0 Å². The zero-order chi connectivity index (χ0) is 8.55. The normalized spacial score (nSPS) is 20.6. The van der Waals surface area contributed by atoms with E-state index < -0.39 is 14.2 Å². The van der Waals surface area contributed by atoms with Crippen LogP contribution in [0.4, 0.5) is 0 Å². The van der Waals surface area contributed by atoms with Gasteiger partial charge >= 0.3 is 74.2 Å². The second kappa shape index (κ2) is 2.98. The molecule has 0 bridgehead atoms. The average Bonchev–Trinajstić information content (AvgIpc) is 2.48. The van der Waals surface area contributed by atoms with Crippen LogP contribution in [0.25, 0.3) is 0 Å². The summed E-state index contributed by atoms with van der Waals surface area (Å²) in [6, 6.07) is 5.60. The first-order valence-corrected chi connectivity index (χ1v) is 5.79. The van der Waals surface area contributed by atoms with Crippen LogP contribution in [-0.4, -0.2) is 21.3 Å². The van der Waals surface area contributed by atoms with Gasteiger partial charge in [-0.2, -0.15) is 0 Å². The zero-order valence-electron chi connectivity index (χ0n) is 6.57. The Balaban J connectivity index is 2.60. The van der Waals surface area contributed by atoms with Gasteiger partial charge in [0.1, 0.15) is 0 Å². The number of rotatable bonds is 1. The van der Waals surface area contributed by atoms with Crippen LogP contribution in [0.15, 0.2) is 18.2 Å². The third-order valence-corrected chi connectivity index (χ3v) is 4.14. The average molecular weight is 231 g/mol. The van der Waals surface area contributed by atoms with E-state index in [1.165, 1.54) is 0 Å². The summed E-state index contributed by atoms with van der Waals surface area (Å²) in [4.78, 5) is 0. The van der Waals surface area contributed by atoms with Gasteiger partial charge in [0, 0.05) is 0 Å². The first-order chi connectivity index (χ1) is 5.83. The van der Waals surface area contributed by atoms with Gasteiger partial charge in [-0.05, 0) is 0 Å². The number of methoxy groups -OCH3 is 1. The van der Waals surface area contributed by atoms with Gasteiger partial charge in [-0.25, -0.2) is 0 Å². The van der Waals surface area contributed by atoms with E-state index in [9.17, 15) is 3.83 Å². The molecule has 0 fully saturated rings. The summed E-state index contributed by atoms with van der Waals surface area (Å²) in [5, 5.41) is 0. The fourth-order valence-corrected chi connectivity index (χ4v) is 3.32. The molecule has 0 spiro atoms. The van der Waals surface area contributed by atoms with Crippen molar-refractivity contribution >= 4 is 18.6 Å². The van der Waals surface area contributed by atoms with E-state index in [4.69, 9.17) is 8.56 Å². The van der Waals surface area contributed by atoms with Gasteiger partial charge in [-0.3, -0.25) is 0 Å². The summed E-state index contributed by atoms with van der Waals surface area (Å²) in [6.07, 6.45) is 0. The van der Waals surface area contributed by atoms with Crippen LogP contribution in [-0.2, 0) is 14.3 Å². The van der Waals surface area contributed by atoms with Crippen molar-refractivity contribution in [2.45, 2.75) is 6.61 Å². The molecule has 0 aromatic heterocycles. The first-order valence-electron chi connectivity index (χ1n) is 3.54. The number of hydrogen-bond acceptors (Lipinski definition) is 3. The molecule has 1 heterocycles. The van der Waals surface area contributed by atoms with E-state index in [1.807, 2.05) is 18.2 Å². The van der Waals surface area contributed by atoms with E-state index in [1.54, 1.807) is 7.11 Å². The van der Waals surface area contributed by atoms with Crippen molar-refractivity contribution in [3.63, 3.8) is 0 Å². The molecule has 12 heavy (non-hydrogen) atoms. The van der Waals surface area contributed by atoms with E-state index >= 15 is 0 Å². The van der Waals surface area contributed by atoms with Crippen molar-refractivity contribution in [2.24, 2.45) is 0 Å². The SMILES string of the molecule is COc1cccc2c1[Se](=O)OC2. The quantitative estimate of drug-likeness (QED) is 0.654. The molecule has 0 aliphatic carbocycles. The fourth-order valence-electron chi connectivity index (χ4n) is 1.20. The minimum atomic E-state index is -2.25. The van der Waals surface area contributed by atoms with Crippen molar-refractivity contribution in [1.82, 2.24) is 0 Å². The molecule has 0 N–H and O–H groups in total. The molecule has 3 nitrogen and oxygen atoms in total. The Kier molecular flexibility index (Phi) is 1.97. The molecule has 1 aromatic rings. The van der Waals surface area contributed by atoms with Crippen LogP contribution in [0.2, 0.25) is 0 Å². The molecular formula is C8H8O3Se. The van der Waals surface area contributed by atoms with Gasteiger partial charge < -0.3 is 0 Å². The summed E-state index contributed by atoms with van der Waals surface area (Å²) in [5.41, 5.74) is 0.995. The van der Waals surface area contributed by atoms with Gasteiger partial charge in [0.2, 0.25) is 0 Å². The molecule has 2 rings (SSSR count). The summed E-state index contributed by atoms with van der Waals surface area (Å²) in [5.74, 6) is 0.685. The fraction of sp³-hybridized carbons (Fsp3) is 0.250. The molecule has 0 amide bonds. The molecule has 0 saturated heterocycles. The third kappa shape index (κ3) is 1.08. The maximum atomic E-state index is 11.4. The predicted molar refractivity (Wildman–Crippen MR) is 43.9 cm³/mol. The molecule has 1 aliphatic rings. The van der Waals surface area contributed by atoms with Gasteiger partial charge in [-0.15, -0.1) is 0 Å². The molecule has 0 radical (unpaired) electrons. The molecule has 1 aromatic carbocycles. The standard InChI is InChI=1S/C8H8O3Se/c1-10-7-4-2-3-6-5-11-12(9)8(6)7/h2-4H,5H2,1H3. The molecule has 4 heteroatoms. The van der Waals surface area contributed by atoms with Gasteiger partial charge in [0.15, 0.2) is 0 Å². The van der Waals surface area contributed by atoms with Crippen LogP contribution in [0.1, 0.15) is 5.56 Å².